The second-order valence-corrected chi connectivity index (χ2v) is 2.52. The van der Waals surface area contributed by atoms with Gasteiger partial charge in [0.2, 0.25) is 0 Å². The molecule has 0 atom stereocenters. The molecule has 1 aromatic heterocycles. The van der Waals surface area contributed by atoms with Crippen molar-refractivity contribution in [3.63, 3.8) is 0 Å². The fraction of sp³-hybridized carbons (Fsp3) is 0. The lowest BCUT2D eigenvalue weighted by atomic mass is 10.2. The molecule has 1 heterocycles. The van der Waals surface area contributed by atoms with Crippen molar-refractivity contribution in [2.45, 2.75) is 0 Å². The molecule has 0 aliphatic heterocycles. The molecule has 2 aromatic rings. The first-order valence-electron chi connectivity index (χ1n) is 3.65. The van der Waals surface area contributed by atoms with Gasteiger partial charge in [0.25, 0.3) is 0 Å². The van der Waals surface area contributed by atoms with E-state index in [9.17, 15) is 0 Å². The third kappa shape index (κ3) is 1.10. The van der Waals surface area contributed by atoms with Crippen LogP contribution in [0.1, 0.15) is 0 Å². The van der Waals surface area contributed by atoms with Gasteiger partial charge in [-0.2, -0.15) is 0 Å². The molecule has 0 saturated carbocycles. The largest absolute Gasteiger partial charge is 0.291 e. The first-order chi connectivity index (χ1) is 5.90. The fourth-order valence-corrected chi connectivity index (χ4v) is 1.15. The van der Waals surface area contributed by atoms with Crippen molar-refractivity contribution < 1.29 is 5.21 Å². The van der Waals surface area contributed by atoms with E-state index in [4.69, 9.17) is 5.21 Å². The Balaban J connectivity index is 2.67. The van der Waals surface area contributed by atoms with E-state index < -0.39 is 0 Å². The summed E-state index contributed by atoms with van der Waals surface area (Å²) >= 11 is 0. The highest BCUT2D eigenvalue weighted by Crippen LogP contribution is 2.15. The predicted octanol–water partition coefficient (Wildman–Crippen LogP) is 2.04. The van der Waals surface area contributed by atoms with Gasteiger partial charge in [0, 0.05) is 11.6 Å². The van der Waals surface area contributed by atoms with Crippen molar-refractivity contribution in [3.05, 3.63) is 36.5 Å². The number of nitrogens with one attached hydrogen (secondary N) is 1. The third-order valence-electron chi connectivity index (χ3n) is 1.73. The van der Waals surface area contributed by atoms with Gasteiger partial charge in [0.15, 0.2) is 0 Å². The van der Waals surface area contributed by atoms with Crippen molar-refractivity contribution in [3.8, 4) is 0 Å². The number of hydrogen-bond donors (Lipinski definition) is 2. The van der Waals surface area contributed by atoms with Crippen LogP contribution in [0.15, 0.2) is 36.5 Å². The zero-order valence-corrected chi connectivity index (χ0v) is 6.36. The molecule has 2 N–H and O–H groups in total. The quantitative estimate of drug-likeness (QED) is 0.627. The van der Waals surface area contributed by atoms with E-state index in [1.807, 2.05) is 24.3 Å². The first-order valence-corrected chi connectivity index (χ1v) is 3.65. The lowest BCUT2D eigenvalue weighted by molar-refractivity contribution is 0.389. The molecule has 0 amide bonds. The maximum Gasteiger partial charge on any atom is 0.0703 e. The van der Waals surface area contributed by atoms with Crippen molar-refractivity contribution in [1.82, 2.24) is 4.98 Å². The van der Waals surface area contributed by atoms with Gasteiger partial charge in [-0.15, -0.1) is 0 Å². The molecule has 0 saturated heterocycles. The van der Waals surface area contributed by atoms with Gasteiger partial charge in [0.05, 0.1) is 11.2 Å². The number of anilines is 1. The molecular weight excluding hydrogens is 152 g/mol. The van der Waals surface area contributed by atoms with Gasteiger partial charge < -0.3 is 0 Å². The van der Waals surface area contributed by atoms with E-state index in [-0.39, 0.29) is 0 Å². The Morgan fingerprint density at radius 1 is 1.25 bits per heavy atom. The summed E-state index contributed by atoms with van der Waals surface area (Å²) in [5.41, 5.74) is 3.70. The molecular formula is C9H8N2O. The molecule has 0 fully saturated rings. The molecule has 0 unspecified atom stereocenters. The molecule has 0 aliphatic rings. The number of fused-ring (bicyclic) bond motifs is 1. The first kappa shape index (κ1) is 7.06. The van der Waals surface area contributed by atoms with Crippen LogP contribution >= 0.6 is 0 Å². The van der Waals surface area contributed by atoms with Gasteiger partial charge in [-0.25, -0.2) is 0 Å². The van der Waals surface area contributed by atoms with Gasteiger partial charge in [-0.3, -0.25) is 15.7 Å². The minimum absolute atomic E-state index is 0.676. The van der Waals surface area contributed by atoms with Crippen LogP contribution < -0.4 is 5.48 Å². The molecule has 0 radical (unpaired) electrons. The second-order valence-electron chi connectivity index (χ2n) is 2.52. The number of pyridine rings is 1. The van der Waals surface area contributed by atoms with E-state index in [1.165, 1.54) is 0 Å². The number of rotatable bonds is 1. The number of hydrogen-bond acceptors (Lipinski definition) is 3. The molecule has 0 spiro atoms. The Hall–Kier alpha value is -1.61. The zero-order chi connectivity index (χ0) is 8.39. The highest BCUT2D eigenvalue weighted by Gasteiger charge is 1.93. The molecule has 60 valence electrons. The Bertz CT molecular complexity index is 400. The van der Waals surface area contributed by atoms with Crippen molar-refractivity contribution in [2.75, 3.05) is 5.48 Å². The highest BCUT2D eigenvalue weighted by molar-refractivity contribution is 5.81. The Kier molecular flexibility index (Phi) is 1.64. The molecule has 3 nitrogen and oxygen atoms in total. The van der Waals surface area contributed by atoms with Gasteiger partial charge >= 0.3 is 0 Å². The van der Waals surface area contributed by atoms with E-state index in [0.717, 1.165) is 10.9 Å². The van der Waals surface area contributed by atoms with Crippen LogP contribution in [0, 0.1) is 0 Å². The lowest BCUT2D eigenvalue weighted by Crippen LogP contribution is -1.88. The number of nitrogens with zero attached hydrogens (tertiary/aromatic N) is 1. The van der Waals surface area contributed by atoms with Crippen molar-refractivity contribution in [1.29, 1.82) is 0 Å². The third-order valence-corrected chi connectivity index (χ3v) is 1.73. The molecule has 0 aliphatic carbocycles. The van der Waals surface area contributed by atoms with Crippen molar-refractivity contribution in [2.24, 2.45) is 0 Å². The Morgan fingerprint density at radius 2 is 2.17 bits per heavy atom. The maximum atomic E-state index is 8.63. The molecule has 12 heavy (non-hydrogen) atoms. The Morgan fingerprint density at radius 3 is 3.00 bits per heavy atom. The van der Waals surface area contributed by atoms with Crippen molar-refractivity contribution >= 4 is 16.6 Å². The van der Waals surface area contributed by atoms with Crippen LogP contribution in [0.5, 0.6) is 0 Å². The van der Waals surface area contributed by atoms with E-state index in [0.29, 0.717) is 5.69 Å². The summed E-state index contributed by atoms with van der Waals surface area (Å²) in [7, 11) is 0. The minimum Gasteiger partial charge on any atom is -0.291 e. The zero-order valence-electron chi connectivity index (χ0n) is 6.36. The summed E-state index contributed by atoms with van der Waals surface area (Å²) in [4.78, 5) is 4.15. The maximum absolute atomic E-state index is 8.63. The lowest BCUT2D eigenvalue weighted by Gasteiger charge is -1.99. The molecule has 2 rings (SSSR count). The van der Waals surface area contributed by atoms with E-state index in [1.54, 1.807) is 12.3 Å². The van der Waals surface area contributed by atoms with Crippen LogP contribution in [0.3, 0.4) is 0 Å². The van der Waals surface area contributed by atoms with Gasteiger partial charge in [-0.1, -0.05) is 6.07 Å². The van der Waals surface area contributed by atoms with E-state index >= 15 is 0 Å². The summed E-state index contributed by atoms with van der Waals surface area (Å²) < 4.78 is 0. The average Bonchev–Trinajstić information content (AvgIpc) is 2.17. The second kappa shape index (κ2) is 2.79. The number of benzene rings is 1. The van der Waals surface area contributed by atoms with Gasteiger partial charge in [0.1, 0.15) is 0 Å². The summed E-state index contributed by atoms with van der Waals surface area (Å²) in [6, 6.07) is 9.28. The summed E-state index contributed by atoms with van der Waals surface area (Å²) in [6.45, 7) is 0. The topological polar surface area (TPSA) is 45.1 Å². The fourth-order valence-electron chi connectivity index (χ4n) is 1.15. The minimum atomic E-state index is 0.676. The summed E-state index contributed by atoms with van der Waals surface area (Å²) in [5.74, 6) is 0. The number of aromatic nitrogens is 1. The van der Waals surface area contributed by atoms with Crippen LogP contribution in [0.4, 0.5) is 5.69 Å². The summed E-state index contributed by atoms with van der Waals surface area (Å²) in [6.07, 6.45) is 1.74. The standard InChI is InChI=1S/C9H8N2O/c12-11-8-3-4-9-7(6-8)2-1-5-10-9/h1-6,11-12H. The van der Waals surface area contributed by atoms with Gasteiger partial charge in [-0.05, 0) is 24.3 Å². The highest BCUT2D eigenvalue weighted by atomic mass is 16.5. The smallest absolute Gasteiger partial charge is 0.0703 e. The SMILES string of the molecule is ONc1ccc2ncccc2c1. The van der Waals surface area contributed by atoms with Crippen LogP contribution in [0.25, 0.3) is 10.9 Å². The van der Waals surface area contributed by atoms with Crippen LogP contribution in [-0.2, 0) is 0 Å². The Labute approximate surface area is 69.6 Å². The van der Waals surface area contributed by atoms with E-state index in [2.05, 4.69) is 10.5 Å². The summed E-state index contributed by atoms with van der Waals surface area (Å²) in [5, 5.41) is 9.64. The molecule has 3 heteroatoms. The van der Waals surface area contributed by atoms with Crippen LogP contribution in [0.2, 0.25) is 0 Å². The average molecular weight is 160 g/mol. The molecule has 1 aromatic carbocycles. The normalized spacial score (nSPS) is 10.1. The predicted molar refractivity (Wildman–Crippen MR) is 47.2 cm³/mol. The monoisotopic (exact) mass is 160 g/mol. The van der Waals surface area contributed by atoms with Crippen LogP contribution in [-0.4, -0.2) is 10.2 Å². The molecule has 0 bridgehead atoms.